The summed E-state index contributed by atoms with van der Waals surface area (Å²) in [6.45, 7) is 3.81. The minimum absolute atomic E-state index is 0.0476. The third-order valence-electron chi connectivity index (χ3n) is 3.20. The molecule has 3 rings (SSSR count). The molecular weight excluding hydrogens is 216 g/mol. The molecule has 1 aliphatic rings. The first-order valence-electron chi connectivity index (χ1n) is 5.93. The number of rotatable bonds is 3. The van der Waals surface area contributed by atoms with Crippen molar-refractivity contribution in [2.75, 3.05) is 18.5 Å². The summed E-state index contributed by atoms with van der Waals surface area (Å²) in [5.74, 6) is 0.870. The number of nitrogens with one attached hydrogen (secondary N) is 1. The van der Waals surface area contributed by atoms with Crippen LogP contribution in [-0.2, 0) is 4.74 Å². The topological polar surface area (TPSA) is 51.5 Å². The molecule has 0 spiro atoms. The van der Waals surface area contributed by atoms with E-state index in [1.165, 1.54) is 0 Å². The molecule has 1 N–H and O–H groups in total. The normalized spacial score (nSPS) is 24.3. The Hall–Kier alpha value is -1.62. The van der Waals surface area contributed by atoms with Crippen LogP contribution in [0.3, 0.4) is 0 Å². The van der Waals surface area contributed by atoms with Crippen molar-refractivity contribution in [2.24, 2.45) is 0 Å². The van der Waals surface area contributed by atoms with Gasteiger partial charge in [0.1, 0.15) is 5.82 Å². The molecule has 1 unspecified atom stereocenters. The molecule has 0 bridgehead atoms. The molecular formula is C12H16N4O. The first-order valence-corrected chi connectivity index (χ1v) is 5.93. The summed E-state index contributed by atoms with van der Waals surface area (Å²) in [6.07, 6.45) is 5.90. The number of nitrogens with zero attached hydrogens (tertiary/aromatic N) is 3. The lowest BCUT2D eigenvalue weighted by Crippen LogP contribution is -2.32. The van der Waals surface area contributed by atoms with Gasteiger partial charge in [-0.15, -0.1) is 0 Å². The van der Waals surface area contributed by atoms with Crippen molar-refractivity contribution >= 4 is 11.5 Å². The third-order valence-corrected chi connectivity index (χ3v) is 3.20. The maximum Gasteiger partial charge on any atom is 0.157 e. The zero-order valence-corrected chi connectivity index (χ0v) is 9.89. The van der Waals surface area contributed by atoms with E-state index in [4.69, 9.17) is 4.74 Å². The van der Waals surface area contributed by atoms with Crippen molar-refractivity contribution in [1.82, 2.24) is 14.6 Å². The highest BCUT2D eigenvalue weighted by atomic mass is 16.5. The van der Waals surface area contributed by atoms with Gasteiger partial charge in [-0.2, -0.15) is 5.10 Å². The summed E-state index contributed by atoms with van der Waals surface area (Å²) in [6, 6.07) is 3.82. The average molecular weight is 232 g/mol. The minimum Gasteiger partial charge on any atom is -0.373 e. The van der Waals surface area contributed by atoms with Crippen molar-refractivity contribution in [3.05, 3.63) is 24.5 Å². The molecule has 5 heteroatoms. The quantitative estimate of drug-likeness (QED) is 0.875. The fourth-order valence-corrected chi connectivity index (χ4v) is 2.16. The van der Waals surface area contributed by atoms with E-state index in [1.54, 1.807) is 10.7 Å². The van der Waals surface area contributed by atoms with Gasteiger partial charge in [0.05, 0.1) is 11.8 Å². The zero-order valence-electron chi connectivity index (χ0n) is 9.89. The highest BCUT2D eigenvalue weighted by Crippen LogP contribution is 2.25. The van der Waals surface area contributed by atoms with E-state index >= 15 is 0 Å². The second kappa shape index (κ2) is 4.00. The monoisotopic (exact) mass is 232 g/mol. The lowest BCUT2D eigenvalue weighted by molar-refractivity contribution is 0.0315. The third kappa shape index (κ3) is 2.10. The number of hydrogen-bond acceptors (Lipinski definition) is 4. The molecule has 0 aliphatic carbocycles. The van der Waals surface area contributed by atoms with Crippen LogP contribution in [0, 0.1) is 0 Å². The van der Waals surface area contributed by atoms with Gasteiger partial charge in [-0.05, 0) is 25.8 Å². The van der Waals surface area contributed by atoms with E-state index in [1.807, 2.05) is 18.3 Å². The maximum absolute atomic E-state index is 5.73. The second-order valence-electron chi connectivity index (χ2n) is 4.70. The van der Waals surface area contributed by atoms with Gasteiger partial charge in [-0.25, -0.2) is 9.50 Å². The van der Waals surface area contributed by atoms with E-state index in [0.29, 0.717) is 0 Å². The minimum atomic E-state index is -0.0476. The van der Waals surface area contributed by atoms with Gasteiger partial charge < -0.3 is 10.1 Å². The predicted molar refractivity (Wildman–Crippen MR) is 65.1 cm³/mol. The Balaban J connectivity index is 1.71. The Labute approximate surface area is 99.8 Å². The SMILES string of the molecule is CC1(CNc2ccn3nccc3n2)CCCO1. The van der Waals surface area contributed by atoms with Crippen molar-refractivity contribution in [3.8, 4) is 0 Å². The molecule has 1 atom stereocenters. The Bertz CT molecular complexity index is 516. The van der Waals surface area contributed by atoms with Crippen LogP contribution in [0.2, 0.25) is 0 Å². The molecule has 0 aromatic carbocycles. The molecule has 2 aromatic heterocycles. The van der Waals surface area contributed by atoms with Gasteiger partial charge in [0, 0.05) is 25.4 Å². The molecule has 3 heterocycles. The van der Waals surface area contributed by atoms with Crippen molar-refractivity contribution in [2.45, 2.75) is 25.4 Å². The molecule has 1 fully saturated rings. The lowest BCUT2D eigenvalue weighted by atomic mass is 10.0. The first kappa shape index (κ1) is 10.5. The van der Waals surface area contributed by atoms with Crippen molar-refractivity contribution in [3.63, 3.8) is 0 Å². The summed E-state index contributed by atoms with van der Waals surface area (Å²) < 4.78 is 7.48. The summed E-state index contributed by atoms with van der Waals surface area (Å²) in [7, 11) is 0. The molecule has 0 amide bonds. The van der Waals surface area contributed by atoms with E-state index in [9.17, 15) is 0 Å². The van der Waals surface area contributed by atoms with Gasteiger partial charge in [0.25, 0.3) is 0 Å². The molecule has 90 valence electrons. The van der Waals surface area contributed by atoms with Gasteiger partial charge >= 0.3 is 0 Å². The van der Waals surface area contributed by atoms with E-state index < -0.39 is 0 Å². The average Bonchev–Trinajstić information content (AvgIpc) is 2.95. The standard InChI is InChI=1S/C12H16N4O/c1-12(5-2-8-17-12)9-13-10-4-7-16-11(15-10)3-6-14-16/h3-4,6-7H,2,5,8-9H2,1H3,(H,13,15). The predicted octanol–water partition coefficient (Wildman–Crippen LogP) is 1.71. The Morgan fingerprint density at radius 1 is 1.53 bits per heavy atom. The number of aromatic nitrogens is 3. The van der Waals surface area contributed by atoms with Crippen LogP contribution in [0.25, 0.3) is 5.65 Å². The molecule has 1 aliphatic heterocycles. The molecule has 1 saturated heterocycles. The molecule has 0 radical (unpaired) electrons. The zero-order chi connectivity index (χ0) is 11.7. The maximum atomic E-state index is 5.73. The van der Waals surface area contributed by atoms with Crippen molar-refractivity contribution < 1.29 is 4.74 Å². The summed E-state index contributed by atoms with van der Waals surface area (Å²) in [5.41, 5.74) is 0.807. The smallest absolute Gasteiger partial charge is 0.157 e. The fourth-order valence-electron chi connectivity index (χ4n) is 2.16. The van der Waals surface area contributed by atoms with Gasteiger partial charge in [-0.1, -0.05) is 0 Å². The number of hydrogen-bond donors (Lipinski definition) is 1. The van der Waals surface area contributed by atoms with E-state index in [2.05, 4.69) is 22.3 Å². The highest BCUT2D eigenvalue weighted by Gasteiger charge is 2.29. The Morgan fingerprint density at radius 3 is 3.29 bits per heavy atom. The van der Waals surface area contributed by atoms with Crippen LogP contribution in [-0.4, -0.2) is 33.4 Å². The first-order chi connectivity index (χ1) is 8.25. The number of anilines is 1. The summed E-state index contributed by atoms with van der Waals surface area (Å²) >= 11 is 0. The molecule has 17 heavy (non-hydrogen) atoms. The van der Waals surface area contributed by atoms with Crippen LogP contribution in [0.5, 0.6) is 0 Å². The van der Waals surface area contributed by atoms with Gasteiger partial charge in [0.15, 0.2) is 5.65 Å². The van der Waals surface area contributed by atoms with Gasteiger partial charge in [0.2, 0.25) is 0 Å². The van der Waals surface area contributed by atoms with Crippen LogP contribution in [0.1, 0.15) is 19.8 Å². The molecule has 5 nitrogen and oxygen atoms in total. The van der Waals surface area contributed by atoms with Crippen LogP contribution in [0.4, 0.5) is 5.82 Å². The van der Waals surface area contributed by atoms with Crippen molar-refractivity contribution in [1.29, 1.82) is 0 Å². The Kier molecular flexibility index (Phi) is 2.48. The van der Waals surface area contributed by atoms with Crippen LogP contribution < -0.4 is 5.32 Å². The fraction of sp³-hybridized carbons (Fsp3) is 0.500. The highest BCUT2D eigenvalue weighted by molar-refractivity contribution is 5.45. The van der Waals surface area contributed by atoms with E-state index in [0.717, 1.165) is 37.5 Å². The van der Waals surface area contributed by atoms with Crippen LogP contribution in [0.15, 0.2) is 24.5 Å². The second-order valence-corrected chi connectivity index (χ2v) is 4.70. The largest absolute Gasteiger partial charge is 0.373 e. The summed E-state index contributed by atoms with van der Waals surface area (Å²) in [4.78, 5) is 4.46. The van der Waals surface area contributed by atoms with Crippen LogP contribution >= 0.6 is 0 Å². The van der Waals surface area contributed by atoms with Gasteiger partial charge in [-0.3, -0.25) is 0 Å². The summed E-state index contributed by atoms with van der Waals surface area (Å²) in [5, 5.41) is 7.44. The number of ether oxygens (including phenoxy) is 1. The molecule has 0 saturated carbocycles. The lowest BCUT2D eigenvalue weighted by Gasteiger charge is -2.23. The van der Waals surface area contributed by atoms with E-state index in [-0.39, 0.29) is 5.60 Å². The number of fused-ring (bicyclic) bond motifs is 1. The molecule has 2 aromatic rings. The Morgan fingerprint density at radius 2 is 2.47 bits per heavy atom.